The highest BCUT2D eigenvalue weighted by molar-refractivity contribution is 6.74. The van der Waals surface area contributed by atoms with Crippen molar-refractivity contribution in [3.63, 3.8) is 0 Å². The lowest BCUT2D eigenvalue weighted by molar-refractivity contribution is 0.137. The summed E-state index contributed by atoms with van der Waals surface area (Å²) >= 11 is 0. The Balaban J connectivity index is 5.06. The quantitative estimate of drug-likeness (QED) is 0.313. The van der Waals surface area contributed by atoms with Crippen LogP contribution in [0.1, 0.15) is 73.1 Å². The Kier molecular flexibility index (Phi) is 11.0. The van der Waals surface area contributed by atoms with Gasteiger partial charge in [-0.25, -0.2) is 0 Å². The van der Waals surface area contributed by atoms with Gasteiger partial charge in [-0.1, -0.05) is 59.3 Å². The lowest BCUT2D eigenvalue weighted by Gasteiger charge is -2.33. The third-order valence-electron chi connectivity index (χ3n) is 3.86. The monoisotopic (exact) mass is 300 g/mol. The number of unbranched alkanes of at least 4 members (excludes halogenated alkanes) is 3. The fourth-order valence-electron chi connectivity index (χ4n) is 2.57. The van der Waals surface area contributed by atoms with Crippen LogP contribution in [-0.4, -0.2) is 15.4 Å². The van der Waals surface area contributed by atoms with Gasteiger partial charge in [0.25, 0.3) is 14.3 Å². The maximum absolute atomic E-state index is 6.55. The molecule has 0 amide bonds. The summed E-state index contributed by atoms with van der Waals surface area (Å²) < 4.78 is 12.1. The van der Waals surface area contributed by atoms with Crippen LogP contribution in [0, 0.1) is 0 Å². The summed E-state index contributed by atoms with van der Waals surface area (Å²) in [7, 11) is 0.0489. The van der Waals surface area contributed by atoms with E-state index in [-0.39, 0.29) is 0 Å². The molecule has 0 aromatic rings. The van der Waals surface area contributed by atoms with Crippen molar-refractivity contribution in [2.24, 2.45) is 0 Å². The van der Waals surface area contributed by atoms with Crippen LogP contribution in [-0.2, 0) is 9.16 Å². The Morgan fingerprint density at radius 2 is 1.20 bits per heavy atom. The maximum Gasteiger partial charge on any atom is 0.263 e. The number of hydrogen-bond acceptors (Lipinski definition) is 2. The van der Waals surface area contributed by atoms with Crippen molar-refractivity contribution in [3.8, 4) is 0 Å². The molecule has 3 heteroatoms. The van der Waals surface area contributed by atoms with E-state index in [9.17, 15) is 0 Å². The van der Waals surface area contributed by atoms with Crippen LogP contribution < -0.4 is 0 Å². The molecule has 0 unspecified atom stereocenters. The molecular formula is C17H36O2Si. The first-order chi connectivity index (χ1) is 9.55. The Labute approximate surface area is 128 Å². The molecule has 0 aliphatic heterocycles. The first-order valence-corrected chi connectivity index (χ1v) is 11.0. The maximum atomic E-state index is 6.55. The van der Waals surface area contributed by atoms with E-state index in [1.165, 1.54) is 56.7 Å². The number of hydrogen-bond donors (Lipinski definition) is 0. The number of rotatable bonds is 12. The Morgan fingerprint density at radius 1 is 0.800 bits per heavy atom. The predicted molar refractivity (Wildman–Crippen MR) is 91.4 cm³/mol. The molecule has 120 valence electrons. The standard InChI is InChI=1S/C17H36O2Si/c1-7-10-13-20(14-11-8-2,15-12-9-3)19-17(18-6)16(4)5/h7-15H2,1-6H3. The number of methoxy groups -OCH3 is 1. The molecule has 0 aromatic carbocycles. The van der Waals surface area contributed by atoms with E-state index in [4.69, 9.17) is 9.16 Å². The van der Waals surface area contributed by atoms with Gasteiger partial charge in [-0.3, -0.25) is 0 Å². The van der Waals surface area contributed by atoms with Crippen molar-refractivity contribution < 1.29 is 9.16 Å². The molecular weight excluding hydrogens is 264 g/mol. The average Bonchev–Trinajstić information content (AvgIpc) is 2.45. The molecule has 0 aliphatic carbocycles. The first kappa shape index (κ1) is 19.6. The summed E-state index contributed by atoms with van der Waals surface area (Å²) in [6.07, 6.45) is 7.65. The molecule has 0 atom stereocenters. The molecule has 0 saturated carbocycles. The summed E-state index contributed by atoms with van der Waals surface area (Å²) in [5.41, 5.74) is 1.16. The van der Waals surface area contributed by atoms with E-state index >= 15 is 0 Å². The zero-order valence-electron chi connectivity index (χ0n) is 14.7. The second-order valence-electron chi connectivity index (χ2n) is 6.09. The van der Waals surface area contributed by atoms with Gasteiger partial charge >= 0.3 is 0 Å². The van der Waals surface area contributed by atoms with E-state index in [2.05, 4.69) is 34.6 Å². The van der Waals surface area contributed by atoms with Gasteiger partial charge < -0.3 is 9.16 Å². The van der Waals surface area contributed by atoms with Gasteiger partial charge in [-0.2, -0.15) is 0 Å². The van der Waals surface area contributed by atoms with Gasteiger partial charge in [-0.15, -0.1) is 0 Å². The van der Waals surface area contributed by atoms with Gasteiger partial charge in [-0.05, 0) is 32.0 Å². The summed E-state index contributed by atoms with van der Waals surface area (Å²) in [5, 5.41) is 0. The summed E-state index contributed by atoms with van der Waals surface area (Å²) in [5.74, 6) is 0.792. The zero-order valence-corrected chi connectivity index (χ0v) is 15.7. The number of ether oxygens (including phenoxy) is 1. The Morgan fingerprint density at radius 3 is 1.45 bits per heavy atom. The second-order valence-corrected chi connectivity index (χ2v) is 10.2. The third-order valence-corrected chi connectivity index (χ3v) is 8.27. The van der Waals surface area contributed by atoms with Crippen LogP contribution in [0.2, 0.25) is 18.1 Å². The second kappa shape index (κ2) is 11.2. The lowest BCUT2D eigenvalue weighted by atomic mass is 10.4. The van der Waals surface area contributed by atoms with Crippen LogP contribution in [0.4, 0.5) is 0 Å². The van der Waals surface area contributed by atoms with Crippen LogP contribution in [0.25, 0.3) is 0 Å². The molecule has 0 aliphatic rings. The van der Waals surface area contributed by atoms with Crippen molar-refractivity contribution in [2.75, 3.05) is 7.11 Å². The minimum Gasteiger partial charge on any atom is -0.519 e. The predicted octanol–water partition coefficient (Wildman–Crippen LogP) is 6.25. The van der Waals surface area contributed by atoms with Crippen molar-refractivity contribution in [1.29, 1.82) is 0 Å². The SMILES string of the molecule is CCCC[Si](CCCC)(CCCC)OC(OC)=C(C)C. The van der Waals surface area contributed by atoms with Crippen LogP contribution in [0.15, 0.2) is 11.5 Å². The fourth-order valence-corrected chi connectivity index (χ4v) is 7.30. The summed E-state index contributed by atoms with van der Waals surface area (Å²) in [6.45, 7) is 11.0. The molecule has 0 saturated heterocycles. The van der Waals surface area contributed by atoms with E-state index < -0.39 is 8.32 Å². The van der Waals surface area contributed by atoms with Gasteiger partial charge in [0.1, 0.15) is 0 Å². The van der Waals surface area contributed by atoms with Crippen LogP contribution in [0.3, 0.4) is 0 Å². The van der Waals surface area contributed by atoms with Gasteiger partial charge in [0.05, 0.1) is 7.11 Å². The van der Waals surface area contributed by atoms with Gasteiger partial charge in [0, 0.05) is 5.57 Å². The van der Waals surface area contributed by atoms with Crippen molar-refractivity contribution >= 4 is 8.32 Å². The van der Waals surface area contributed by atoms with Crippen molar-refractivity contribution in [2.45, 2.75) is 91.3 Å². The summed E-state index contributed by atoms with van der Waals surface area (Å²) in [4.78, 5) is 0. The normalized spacial score (nSPS) is 11.3. The molecule has 0 N–H and O–H groups in total. The summed E-state index contributed by atoms with van der Waals surface area (Å²) in [6, 6.07) is 3.84. The molecule has 20 heavy (non-hydrogen) atoms. The third kappa shape index (κ3) is 7.37. The fraction of sp³-hybridized carbons (Fsp3) is 0.882. The van der Waals surface area contributed by atoms with Crippen molar-refractivity contribution in [3.05, 3.63) is 11.5 Å². The highest BCUT2D eigenvalue weighted by atomic mass is 28.4. The topological polar surface area (TPSA) is 18.5 Å². The Hall–Kier alpha value is -0.443. The molecule has 0 radical (unpaired) electrons. The molecule has 0 aromatic heterocycles. The van der Waals surface area contributed by atoms with E-state index in [0.29, 0.717) is 0 Å². The van der Waals surface area contributed by atoms with Crippen LogP contribution in [0.5, 0.6) is 0 Å². The molecule has 0 fully saturated rings. The Bertz CT molecular complexity index is 248. The van der Waals surface area contributed by atoms with E-state index in [1.807, 2.05) is 0 Å². The zero-order chi connectivity index (χ0) is 15.4. The van der Waals surface area contributed by atoms with Crippen molar-refractivity contribution in [1.82, 2.24) is 0 Å². The minimum atomic E-state index is -1.69. The highest BCUT2D eigenvalue weighted by Gasteiger charge is 2.36. The molecule has 0 bridgehead atoms. The first-order valence-electron chi connectivity index (χ1n) is 8.45. The van der Waals surface area contributed by atoms with E-state index in [0.717, 1.165) is 11.5 Å². The van der Waals surface area contributed by atoms with Gasteiger partial charge in [0.2, 0.25) is 0 Å². The smallest absolute Gasteiger partial charge is 0.263 e. The van der Waals surface area contributed by atoms with Gasteiger partial charge in [0.15, 0.2) is 0 Å². The molecule has 0 spiro atoms. The average molecular weight is 301 g/mol. The van der Waals surface area contributed by atoms with E-state index in [1.54, 1.807) is 7.11 Å². The minimum absolute atomic E-state index is 0.792. The number of allylic oxidation sites excluding steroid dienone is 1. The largest absolute Gasteiger partial charge is 0.519 e. The lowest BCUT2D eigenvalue weighted by Crippen LogP contribution is -2.38. The molecule has 0 rings (SSSR count). The van der Waals surface area contributed by atoms with Crippen LogP contribution >= 0.6 is 0 Å². The highest BCUT2D eigenvalue weighted by Crippen LogP contribution is 2.32. The molecule has 0 heterocycles. The molecule has 2 nitrogen and oxygen atoms in total.